The molecule has 1 aliphatic rings. The number of allylic oxidation sites excluding steroid dienone is 11. The third-order valence-corrected chi connectivity index (χ3v) is 6.46. The molecule has 31 heavy (non-hydrogen) atoms. The Bertz CT molecular complexity index is 1060. The highest BCUT2D eigenvalue weighted by molar-refractivity contribution is 7.16. The SMILES string of the molecule is C/C=C\C.C=CC(=C)c1ccc(-c2ccc(/C(C)=C3/C=CCC=CC3)c(C(=C)C)c2)s1. The highest BCUT2D eigenvalue weighted by Gasteiger charge is 2.12. The van der Waals surface area contributed by atoms with Crippen LogP contribution in [0.5, 0.6) is 0 Å². The van der Waals surface area contributed by atoms with E-state index in [-0.39, 0.29) is 0 Å². The number of hydrogen-bond donors (Lipinski definition) is 0. The fourth-order valence-electron chi connectivity index (χ4n) is 3.26. The highest BCUT2D eigenvalue weighted by atomic mass is 32.1. The molecule has 1 heteroatoms. The Kier molecular flexibility index (Phi) is 9.49. The summed E-state index contributed by atoms with van der Waals surface area (Å²) in [5, 5.41) is 0. The molecule has 0 aliphatic heterocycles. The molecule has 0 amide bonds. The van der Waals surface area contributed by atoms with Crippen molar-refractivity contribution >= 4 is 28.1 Å². The van der Waals surface area contributed by atoms with Gasteiger partial charge < -0.3 is 0 Å². The van der Waals surface area contributed by atoms with Gasteiger partial charge in [-0.3, -0.25) is 0 Å². The van der Waals surface area contributed by atoms with Crippen molar-refractivity contribution in [2.45, 2.75) is 40.5 Å². The van der Waals surface area contributed by atoms with Gasteiger partial charge in [0.2, 0.25) is 0 Å². The second kappa shape index (κ2) is 12.1. The molecule has 1 aliphatic carbocycles. The van der Waals surface area contributed by atoms with E-state index >= 15 is 0 Å². The number of thiophene rings is 1. The fourth-order valence-corrected chi connectivity index (χ4v) is 4.23. The van der Waals surface area contributed by atoms with E-state index in [1.807, 2.05) is 32.1 Å². The lowest BCUT2D eigenvalue weighted by molar-refractivity contribution is 1.28. The summed E-state index contributed by atoms with van der Waals surface area (Å²) < 4.78 is 0. The number of benzene rings is 1. The quantitative estimate of drug-likeness (QED) is 0.329. The lowest BCUT2D eigenvalue weighted by Crippen LogP contribution is -1.93. The molecule has 0 spiro atoms. The first-order valence-corrected chi connectivity index (χ1v) is 11.5. The van der Waals surface area contributed by atoms with Crippen LogP contribution < -0.4 is 0 Å². The average molecular weight is 427 g/mol. The smallest absolute Gasteiger partial charge is 0.0349 e. The Balaban J connectivity index is 0.000000785. The summed E-state index contributed by atoms with van der Waals surface area (Å²) >= 11 is 1.75. The molecule has 0 fully saturated rings. The second-order valence-electron chi connectivity index (χ2n) is 7.56. The van der Waals surface area contributed by atoms with E-state index in [2.05, 4.69) is 88.2 Å². The Morgan fingerprint density at radius 1 is 0.935 bits per heavy atom. The summed E-state index contributed by atoms with van der Waals surface area (Å²) in [5.41, 5.74) is 8.47. The molecule has 0 nitrogen and oxygen atoms in total. The Morgan fingerprint density at radius 2 is 1.68 bits per heavy atom. The van der Waals surface area contributed by atoms with Crippen LogP contribution in [0.3, 0.4) is 0 Å². The highest BCUT2D eigenvalue weighted by Crippen LogP contribution is 2.36. The van der Waals surface area contributed by atoms with Crippen molar-refractivity contribution in [3.05, 3.63) is 114 Å². The lowest BCUT2D eigenvalue weighted by atomic mass is 9.91. The standard InChI is InChI=1S/C26H26S.C4H8/c1-6-19(4)25-15-16-26(27-25)22-13-14-23(24(17-22)18(2)3)20(5)21-11-9-7-8-10-12-21;1-3-4-2/h6-7,9-10,12-17H,1-2,4,8,11H2,3,5H3;3-4H,1-2H3/b21-20+;4-3-. The van der Waals surface area contributed by atoms with E-state index in [4.69, 9.17) is 0 Å². The monoisotopic (exact) mass is 426 g/mol. The predicted molar refractivity (Wildman–Crippen MR) is 144 cm³/mol. The van der Waals surface area contributed by atoms with Gasteiger partial charge in [0.05, 0.1) is 0 Å². The predicted octanol–water partition coefficient (Wildman–Crippen LogP) is 9.91. The van der Waals surface area contributed by atoms with Crippen molar-refractivity contribution in [1.82, 2.24) is 0 Å². The van der Waals surface area contributed by atoms with Crippen LogP contribution in [-0.2, 0) is 0 Å². The van der Waals surface area contributed by atoms with Gasteiger partial charge in [-0.25, -0.2) is 0 Å². The topological polar surface area (TPSA) is 0 Å². The van der Waals surface area contributed by atoms with E-state index < -0.39 is 0 Å². The maximum Gasteiger partial charge on any atom is 0.0349 e. The van der Waals surface area contributed by atoms with Gasteiger partial charge in [0.25, 0.3) is 0 Å². The Labute approximate surface area is 193 Å². The zero-order valence-electron chi connectivity index (χ0n) is 19.4. The van der Waals surface area contributed by atoms with E-state index in [9.17, 15) is 0 Å². The molecule has 1 aromatic heterocycles. The van der Waals surface area contributed by atoms with Gasteiger partial charge in [0, 0.05) is 9.75 Å². The molecule has 160 valence electrons. The maximum absolute atomic E-state index is 4.23. The summed E-state index contributed by atoms with van der Waals surface area (Å²) in [4.78, 5) is 2.40. The molecule has 1 aromatic carbocycles. The van der Waals surface area contributed by atoms with Gasteiger partial charge in [-0.2, -0.15) is 0 Å². The maximum atomic E-state index is 4.23. The van der Waals surface area contributed by atoms with Gasteiger partial charge in [0.15, 0.2) is 0 Å². The molecule has 2 aromatic rings. The number of rotatable bonds is 5. The van der Waals surface area contributed by atoms with Gasteiger partial charge in [0.1, 0.15) is 0 Å². The first kappa shape index (κ1) is 24.4. The molecule has 0 N–H and O–H groups in total. The van der Waals surface area contributed by atoms with E-state index in [0.717, 1.165) is 28.9 Å². The van der Waals surface area contributed by atoms with Crippen LogP contribution in [0.25, 0.3) is 27.2 Å². The van der Waals surface area contributed by atoms with Crippen LogP contribution in [0, 0.1) is 0 Å². The van der Waals surface area contributed by atoms with Gasteiger partial charge in [-0.05, 0) is 92.1 Å². The first-order valence-electron chi connectivity index (χ1n) is 10.7. The molecule has 0 saturated carbocycles. The number of hydrogen-bond acceptors (Lipinski definition) is 1. The van der Waals surface area contributed by atoms with E-state index in [1.54, 1.807) is 11.3 Å². The van der Waals surface area contributed by atoms with Crippen LogP contribution in [-0.4, -0.2) is 0 Å². The molecular weight excluding hydrogens is 392 g/mol. The first-order chi connectivity index (χ1) is 14.9. The van der Waals surface area contributed by atoms with Crippen LogP contribution >= 0.6 is 11.3 Å². The van der Waals surface area contributed by atoms with Crippen molar-refractivity contribution in [2.24, 2.45) is 0 Å². The van der Waals surface area contributed by atoms with Crippen molar-refractivity contribution in [2.75, 3.05) is 0 Å². The fraction of sp³-hybridized carbons (Fsp3) is 0.200. The minimum Gasteiger partial charge on any atom is -0.135 e. The molecule has 1 heterocycles. The molecular formula is C30H34S. The summed E-state index contributed by atoms with van der Waals surface area (Å²) in [6.45, 7) is 20.4. The second-order valence-corrected chi connectivity index (χ2v) is 8.65. The zero-order valence-corrected chi connectivity index (χ0v) is 20.2. The minimum atomic E-state index is 0.969. The van der Waals surface area contributed by atoms with Crippen LogP contribution in [0.4, 0.5) is 0 Å². The minimum absolute atomic E-state index is 0.969. The summed E-state index contributed by atoms with van der Waals surface area (Å²) in [7, 11) is 0. The molecule has 0 unspecified atom stereocenters. The van der Waals surface area contributed by atoms with Gasteiger partial charge in [-0.1, -0.05) is 80.0 Å². The lowest BCUT2D eigenvalue weighted by Gasteiger charge is -2.14. The molecule has 0 bridgehead atoms. The van der Waals surface area contributed by atoms with Crippen LogP contribution in [0.15, 0.2) is 98.2 Å². The van der Waals surface area contributed by atoms with Gasteiger partial charge in [-0.15, -0.1) is 11.3 Å². The third-order valence-electron chi connectivity index (χ3n) is 5.25. The molecule has 0 radical (unpaired) electrons. The molecule has 0 atom stereocenters. The van der Waals surface area contributed by atoms with Crippen molar-refractivity contribution in [3.63, 3.8) is 0 Å². The molecule has 0 saturated heterocycles. The van der Waals surface area contributed by atoms with E-state index in [1.165, 1.54) is 32.7 Å². The molecule has 3 rings (SSSR count). The summed E-state index contributed by atoms with van der Waals surface area (Å²) in [6, 6.07) is 11.0. The van der Waals surface area contributed by atoms with Crippen LogP contribution in [0.1, 0.15) is 56.5 Å². The Hall–Kier alpha value is -2.90. The van der Waals surface area contributed by atoms with Crippen molar-refractivity contribution in [1.29, 1.82) is 0 Å². The Morgan fingerprint density at radius 3 is 2.32 bits per heavy atom. The summed E-state index contributed by atoms with van der Waals surface area (Å²) in [6.07, 6.45) is 16.8. The summed E-state index contributed by atoms with van der Waals surface area (Å²) in [5.74, 6) is 0. The largest absolute Gasteiger partial charge is 0.135 e. The van der Waals surface area contributed by atoms with Crippen molar-refractivity contribution < 1.29 is 0 Å². The normalized spacial score (nSPS) is 14.6. The average Bonchev–Trinajstić information content (AvgIpc) is 3.13. The van der Waals surface area contributed by atoms with Crippen molar-refractivity contribution in [3.8, 4) is 10.4 Å². The zero-order chi connectivity index (χ0) is 22.8. The van der Waals surface area contributed by atoms with Crippen LogP contribution in [0.2, 0.25) is 0 Å². The third kappa shape index (κ3) is 6.54. The van der Waals surface area contributed by atoms with Gasteiger partial charge >= 0.3 is 0 Å². The van der Waals surface area contributed by atoms with E-state index in [0.29, 0.717) is 0 Å².